The van der Waals surface area contributed by atoms with E-state index in [0.29, 0.717) is 0 Å². The van der Waals surface area contributed by atoms with Crippen LogP contribution >= 0.6 is 0 Å². The first kappa shape index (κ1) is 7.85. The van der Waals surface area contributed by atoms with Crippen LogP contribution in [-0.4, -0.2) is 4.93 Å². The Hall–Kier alpha value is -0.250. The van der Waals surface area contributed by atoms with E-state index in [-0.39, 0.29) is 21.6 Å². The summed E-state index contributed by atoms with van der Waals surface area (Å²) in [6.07, 6.45) is 0. The van der Waals surface area contributed by atoms with Gasteiger partial charge in [0.1, 0.15) is 0 Å². The zero-order chi connectivity index (χ0) is 7.40. The number of halogens is 1. The van der Waals surface area contributed by atoms with Crippen molar-refractivity contribution in [2.75, 3.05) is 4.93 Å². The zero-order valence-corrected chi connectivity index (χ0v) is 8.25. The summed E-state index contributed by atoms with van der Waals surface area (Å²) in [4.78, 5) is 2.10. The molecule has 0 aliphatic rings. The van der Waals surface area contributed by atoms with Crippen LogP contribution in [0, 0.1) is 6.92 Å². The summed E-state index contributed by atoms with van der Waals surface area (Å²) in [5, 5.41) is 0. The topological polar surface area (TPSA) is 9.23 Å². The molecule has 10 heavy (non-hydrogen) atoms. The van der Waals surface area contributed by atoms with Crippen molar-refractivity contribution in [2.45, 2.75) is 6.92 Å². The van der Waals surface area contributed by atoms with Crippen molar-refractivity contribution in [2.24, 2.45) is 0 Å². The van der Waals surface area contributed by atoms with Crippen molar-refractivity contribution >= 4 is 0 Å². The Bertz CT molecular complexity index is 193. The second-order valence-electron chi connectivity index (χ2n) is 2.04. The Kier molecular flexibility index (Phi) is 2.99. The Labute approximate surface area is 72.2 Å². The molecule has 0 heterocycles. The molecule has 0 aromatic heterocycles. The third kappa shape index (κ3) is 2.17. The molecule has 1 aromatic rings. The van der Waals surface area contributed by atoms with Crippen molar-refractivity contribution in [1.82, 2.24) is 0 Å². The van der Waals surface area contributed by atoms with Crippen molar-refractivity contribution < 1.29 is 24.7 Å². The van der Waals surface area contributed by atoms with Crippen LogP contribution in [0.1, 0.15) is 5.56 Å². The first-order valence-corrected chi connectivity index (χ1v) is 6.10. The molecule has 0 saturated carbocycles. The van der Waals surface area contributed by atoms with E-state index in [0.717, 1.165) is 5.75 Å². The number of alkyl halides is 1. The van der Waals surface area contributed by atoms with E-state index in [1.807, 2.05) is 12.1 Å². The normalized spacial score (nSPS) is 9.80. The standard InChI is InChI=1S/C8H10IO/c1-7-3-5-8(6-4-7)10-9-2/h3-6H,1-2H3/q-1. The Morgan fingerprint density at radius 1 is 1.20 bits per heavy atom. The van der Waals surface area contributed by atoms with E-state index in [2.05, 4.69) is 24.0 Å². The second kappa shape index (κ2) is 3.81. The number of hydrogen-bond donors (Lipinski definition) is 0. The molecule has 1 aromatic carbocycles. The Balaban J connectivity index is 2.69. The molecular formula is C8H10IO-. The summed E-state index contributed by atoms with van der Waals surface area (Å²) in [7, 11) is 0. The molecule has 0 saturated heterocycles. The molecule has 0 atom stereocenters. The van der Waals surface area contributed by atoms with Crippen LogP contribution in [0.4, 0.5) is 0 Å². The van der Waals surface area contributed by atoms with E-state index in [4.69, 9.17) is 3.07 Å². The van der Waals surface area contributed by atoms with Gasteiger partial charge in [-0.15, -0.1) is 0 Å². The number of aryl methyl sites for hydroxylation is 1. The van der Waals surface area contributed by atoms with Crippen molar-refractivity contribution in [3.63, 3.8) is 0 Å². The fourth-order valence-electron chi connectivity index (χ4n) is 0.679. The van der Waals surface area contributed by atoms with Gasteiger partial charge >= 0.3 is 72.1 Å². The van der Waals surface area contributed by atoms with Gasteiger partial charge in [-0.3, -0.25) is 0 Å². The molecule has 0 aliphatic heterocycles. The van der Waals surface area contributed by atoms with Crippen molar-refractivity contribution in [3.05, 3.63) is 29.8 Å². The van der Waals surface area contributed by atoms with E-state index in [9.17, 15) is 0 Å². The van der Waals surface area contributed by atoms with E-state index < -0.39 is 0 Å². The van der Waals surface area contributed by atoms with Gasteiger partial charge in [0.2, 0.25) is 0 Å². The summed E-state index contributed by atoms with van der Waals surface area (Å²) >= 11 is -0.0811. The van der Waals surface area contributed by atoms with Crippen LogP contribution in [0.5, 0.6) is 5.75 Å². The average Bonchev–Trinajstić information content (AvgIpc) is 1.95. The summed E-state index contributed by atoms with van der Waals surface area (Å²) in [5.41, 5.74) is 1.28. The van der Waals surface area contributed by atoms with Gasteiger partial charge in [-0.2, -0.15) is 0 Å². The van der Waals surface area contributed by atoms with Crippen LogP contribution < -0.4 is 24.7 Å². The minimum atomic E-state index is -0.0811. The minimum absolute atomic E-state index is 0.0811. The monoisotopic (exact) mass is 249 g/mol. The van der Waals surface area contributed by atoms with Gasteiger partial charge in [0.25, 0.3) is 0 Å². The van der Waals surface area contributed by atoms with Gasteiger partial charge < -0.3 is 0 Å². The SMILES string of the molecule is C[I-]Oc1ccc(C)cc1. The van der Waals surface area contributed by atoms with Gasteiger partial charge in [0.05, 0.1) is 0 Å². The van der Waals surface area contributed by atoms with Gasteiger partial charge in [0, 0.05) is 0 Å². The fourth-order valence-corrected chi connectivity index (χ4v) is 1.48. The predicted molar refractivity (Wildman–Crippen MR) is 37.7 cm³/mol. The molecule has 0 aliphatic carbocycles. The predicted octanol–water partition coefficient (Wildman–Crippen LogP) is -0.992. The van der Waals surface area contributed by atoms with Gasteiger partial charge in [0.15, 0.2) is 0 Å². The zero-order valence-electron chi connectivity index (χ0n) is 6.10. The van der Waals surface area contributed by atoms with Gasteiger partial charge in [-0.25, -0.2) is 0 Å². The molecule has 1 nitrogen and oxygen atoms in total. The molecule has 1 rings (SSSR count). The summed E-state index contributed by atoms with van der Waals surface area (Å²) in [5.74, 6) is 1.00. The molecule has 2 heteroatoms. The first-order valence-electron chi connectivity index (χ1n) is 3.06. The van der Waals surface area contributed by atoms with Crippen LogP contribution in [0.3, 0.4) is 0 Å². The fraction of sp³-hybridized carbons (Fsp3) is 0.250. The van der Waals surface area contributed by atoms with Crippen LogP contribution in [-0.2, 0) is 0 Å². The maximum absolute atomic E-state index is 5.37. The van der Waals surface area contributed by atoms with E-state index in [1.165, 1.54) is 5.56 Å². The quantitative estimate of drug-likeness (QED) is 0.483. The molecule has 0 unspecified atom stereocenters. The average molecular weight is 249 g/mol. The molecule has 0 fully saturated rings. The molecule has 56 valence electrons. The van der Waals surface area contributed by atoms with Crippen molar-refractivity contribution in [3.8, 4) is 5.75 Å². The number of benzene rings is 1. The molecule has 0 N–H and O–H groups in total. The van der Waals surface area contributed by atoms with Crippen LogP contribution in [0.25, 0.3) is 0 Å². The molecular weight excluding hydrogens is 239 g/mol. The summed E-state index contributed by atoms with van der Waals surface area (Å²) < 4.78 is 5.37. The van der Waals surface area contributed by atoms with E-state index >= 15 is 0 Å². The molecule has 0 spiro atoms. The van der Waals surface area contributed by atoms with Gasteiger partial charge in [-0.05, 0) is 0 Å². The number of hydrogen-bond acceptors (Lipinski definition) is 1. The van der Waals surface area contributed by atoms with Crippen molar-refractivity contribution in [1.29, 1.82) is 0 Å². The molecule has 0 amide bonds. The van der Waals surface area contributed by atoms with Crippen LogP contribution in [0.2, 0.25) is 0 Å². The first-order chi connectivity index (χ1) is 4.83. The maximum atomic E-state index is 5.37. The summed E-state index contributed by atoms with van der Waals surface area (Å²) in [6, 6.07) is 8.15. The molecule has 0 bridgehead atoms. The third-order valence-corrected chi connectivity index (χ3v) is 2.14. The third-order valence-electron chi connectivity index (χ3n) is 1.19. The number of rotatable bonds is 2. The summed E-state index contributed by atoms with van der Waals surface area (Å²) in [6.45, 7) is 2.07. The Morgan fingerprint density at radius 2 is 1.80 bits per heavy atom. The Morgan fingerprint density at radius 3 is 2.30 bits per heavy atom. The van der Waals surface area contributed by atoms with E-state index in [1.54, 1.807) is 0 Å². The molecule has 0 radical (unpaired) electrons. The van der Waals surface area contributed by atoms with Crippen LogP contribution in [0.15, 0.2) is 24.3 Å². The second-order valence-corrected chi connectivity index (χ2v) is 3.37. The van der Waals surface area contributed by atoms with Gasteiger partial charge in [-0.1, -0.05) is 0 Å².